The zero-order valence-corrected chi connectivity index (χ0v) is 15.8. The van der Waals surface area contributed by atoms with Crippen molar-refractivity contribution in [3.05, 3.63) is 0 Å². The van der Waals surface area contributed by atoms with Gasteiger partial charge in [0.1, 0.15) is 0 Å². The molecule has 0 aromatic heterocycles. The third-order valence-corrected chi connectivity index (χ3v) is 4.65. The smallest absolute Gasteiger partial charge is 0.0102 e. The van der Waals surface area contributed by atoms with Crippen LogP contribution in [0.25, 0.3) is 0 Å². The lowest BCUT2D eigenvalue weighted by atomic mass is 10.0. The predicted molar refractivity (Wildman–Crippen MR) is 101 cm³/mol. The fourth-order valence-corrected chi connectivity index (χ4v) is 3.09. The lowest BCUT2D eigenvalue weighted by Gasteiger charge is -2.14. The summed E-state index contributed by atoms with van der Waals surface area (Å²) in [6.45, 7) is 5.34. The molecule has 0 unspecified atom stereocenters. The molecule has 0 aliphatic rings. The van der Waals surface area contributed by atoms with Crippen LogP contribution in [0.2, 0.25) is 0 Å². The summed E-state index contributed by atoms with van der Waals surface area (Å²) >= 11 is 0. The summed E-state index contributed by atoms with van der Waals surface area (Å²) in [7, 11) is 2.18. The first kappa shape index (κ1) is 21.9. The van der Waals surface area contributed by atoms with Crippen molar-refractivity contribution in [2.45, 2.75) is 103 Å². The standard InChI is InChI=1S/C20H44N2/c1-3-4-5-6-7-8-9-10-11-12-13-14-15-16-17-19-22(2)20-18-21/h3-21H2,1-2H3. The molecular weight excluding hydrogens is 268 g/mol. The lowest BCUT2D eigenvalue weighted by Crippen LogP contribution is -2.26. The average Bonchev–Trinajstić information content (AvgIpc) is 2.51. The summed E-state index contributed by atoms with van der Waals surface area (Å²) in [6.07, 6.45) is 21.6. The normalized spacial score (nSPS) is 11.5. The van der Waals surface area contributed by atoms with Crippen LogP contribution in [-0.2, 0) is 0 Å². The van der Waals surface area contributed by atoms with Gasteiger partial charge >= 0.3 is 0 Å². The Hall–Kier alpha value is -0.0800. The van der Waals surface area contributed by atoms with Crippen LogP contribution in [0.3, 0.4) is 0 Å². The van der Waals surface area contributed by atoms with Crippen LogP contribution in [0.4, 0.5) is 0 Å². The molecule has 2 N–H and O–H groups in total. The van der Waals surface area contributed by atoms with E-state index in [1.165, 1.54) is 103 Å². The molecule has 0 aliphatic heterocycles. The largest absolute Gasteiger partial charge is 0.329 e. The van der Waals surface area contributed by atoms with Gasteiger partial charge in [0, 0.05) is 13.1 Å². The first-order valence-electron chi connectivity index (χ1n) is 10.2. The van der Waals surface area contributed by atoms with Gasteiger partial charge in [-0.1, -0.05) is 96.8 Å². The second kappa shape index (κ2) is 19.0. The van der Waals surface area contributed by atoms with Gasteiger partial charge in [0.2, 0.25) is 0 Å². The molecule has 0 aromatic rings. The van der Waals surface area contributed by atoms with Gasteiger partial charge in [0.05, 0.1) is 0 Å². The summed E-state index contributed by atoms with van der Waals surface area (Å²) in [5, 5.41) is 0. The quantitative estimate of drug-likeness (QED) is 0.327. The van der Waals surface area contributed by atoms with E-state index in [9.17, 15) is 0 Å². The molecule has 0 radical (unpaired) electrons. The van der Waals surface area contributed by atoms with E-state index < -0.39 is 0 Å². The van der Waals surface area contributed by atoms with Crippen molar-refractivity contribution in [3.8, 4) is 0 Å². The van der Waals surface area contributed by atoms with Gasteiger partial charge in [-0.25, -0.2) is 0 Å². The van der Waals surface area contributed by atoms with Crippen LogP contribution in [0, 0.1) is 0 Å². The fraction of sp³-hybridized carbons (Fsp3) is 1.00. The van der Waals surface area contributed by atoms with Crippen molar-refractivity contribution in [1.82, 2.24) is 4.90 Å². The Balaban J connectivity index is 3.00. The molecule has 0 fully saturated rings. The first-order chi connectivity index (χ1) is 10.8. The number of hydrogen-bond donors (Lipinski definition) is 1. The minimum absolute atomic E-state index is 0.787. The Bertz CT molecular complexity index is 194. The molecule has 0 aliphatic carbocycles. The SMILES string of the molecule is CCCCCCCCCCCCCCCCCN(C)CCN. The van der Waals surface area contributed by atoms with Gasteiger partial charge in [-0.2, -0.15) is 0 Å². The van der Waals surface area contributed by atoms with Crippen molar-refractivity contribution < 1.29 is 0 Å². The number of nitrogens with zero attached hydrogens (tertiary/aromatic N) is 1. The van der Waals surface area contributed by atoms with Crippen LogP contribution < -0.4 is 5.73 Å². The molecule has 2 heteroatoms. The van der Waals surface area contributed by atoms with Crippen molar-refractivity contribution >= 4 is 0 Å². The molecule has 0 saturated heterocycles. The summed E-state index contributed by atoms with van der Waals surface area (Å²) in [5.41, 5.74) is 5.54. The third kappa shape index (κ3) is 18.0. The van der Waals surface area contributed by atoms with Gasteiger partial charge in [-0.05, 0) is 20.0 Å². The Morgan fingerprint density at radius 1 is 0.545 bits per heavy atom. The highest BCUT2D eigenvalue weighted by Crippen LogP contribution is 2.13. The number of likely N-dealkylation sites (N-methyl/N-ethyl adjacent to an activating group) is 1. The number of rotatable bonds is 18. The molecule has 0 saturated carbocycles. The maximum absolute atomic E-state index is 5.54. The molecule has 0 spiro atoms. The second-order valence-electron chi connectivity index (χ2n) is 7.04. The van der Waals surface area contributed by atoms with Crippen LogP contribution in [0.1, 0.15) is 103 Å². The average molecular weight is 313 g/mol. The summed E-state index contributed by atoms with van der Waals surface area (Å²) in [5.74, 6) is 0. The van der Waals surface area contributed by atoms with E-state index in [-0.39, 0.29) is 0 Å². The molecule has 0 rings (SSSR count). The zero-order valence-electron chi connectivity index (χ0n) is 15.8. The van der Waals surface area contributed by atoms with Crippen LogP contribution in [0.5, 0.6) is 0 Å². The van der Waals surface area contributed by atoms with E-state index in [1.807, 2.05) is 0 Å². The Morgan fingerprint density at radius 3 is 1.27 bits per heavy atom. The van der Waals surface area contributed by atoms with Gasteiger partial charge < -0.3 is 10.6 Å². The number of hydrogen-bond acceptors (Lipinski definition) is 2. The highest BCUT2D eigenvalue weighted by atomic mass is 15.1. The number of nitrogens with two attached hydrogens (primary N) is 1. The summed E-state index contributed by atoms with van der Waals surface area (Å²) in [6, 6.07) is 0. The third-order valence-electron chi connectivity index (χ3n) is 4.65. The van der Waals surface area contributed by atoms with E-state index in [1.54, 1.807) is 0 Å². The topological polar surface area (TPSA) is 29.3 Å². The Morgan fingerprint density at radius 2 is 0.909 bits per heavy atom. The predicted octanol–water partition coefficient (Wildman–Crippen LogP) is 5.75. The maximum atomic E-state index is 5.54. The van der Waals surface area contributed by atoms with Gasteiger partial charge in [-0.3, -0.25) is 0 Å². The Labute approximate surface area is 141 Å². The first-order valence-corrected chi connectivity index (χ1v) is 10.2. The van der Waals surface area contributed by atoms with E-state index >= 15 is 0 Å². The molecule has 22 heavy (non-hydrogen) atoms. The zero-order chi connectivity index (χ0) is 16.3. The highest BCUT2D eigenvalue weighted by Gasteiger charge is 1.97. The monoisotopic (exact) mass is 312 g/mol. The van der Waals surface area contributed by atoms with Crippen LogP contribution in [-0.4, -0.2) is 31.6 Å². The second-order valence-corrected chi connectivity index (χ2v) is 7.04. The van der Waals surface area contributed by atoms with Crippen molar-refractivity contribution in [2.24, 2.45) is 5.73 Å². The molecule has 2 nitrogen and oxygen atoms in total. The molecule has 0 atom stereocenters. The lowest BCUT2D eigenvalue weighted by molar-refractivity contribution is 0.332. The Kier molecular flexibility index (Phi) is 18.9. The highest BCUT2D eigenvalue weighted by molar-refractivity contribution is 4.53. The van der Waals surface area contributed by atoms with Gasteiger partial charge in [0.25, 0.3) is 0 Å². The van der Waals surface area contributed by atoms with Crippen molar-refractivity contribution in [3.63, 3.8) is 0 Å². The van der Waals surface area contributed by atoms with Gasteiger partial charge in [0.15, 0.2) is 0 Å². The summed E-state index contributed by atoms with van der Waals surface area (Å²) in [4.78, 5) is 2.35. The molecule has 134 valence electrons. The van der Waals surface area contributed by atoms with E-state index in [2.05, 4.69) is 18.9 Å². The minimum Gasteiger partial charge on any atom is -0.329 e. The molecule has 0 heterocycles. The van der Waals surface area contributed by atoms with Crippen molar-refractivity contribution in [1.29, 1.82) is 0 Å². The van der Waals surface area contributed by atoms with Crippen LogP contribution in [0.15, 0.2) is 0 Å². The maximum Gasteiger partial charge on any atom is 0.0102 e. The molecule has 0 aromatic carbocycles. The number of unbranched alkanes of at least 4 members (excludes halogenated alkanes) is 14. The van der Waals surface area contributed by atoms with Crippen molar-refractivity contribution in [2.75, 3.05) is 26.7 Å². The van der Waals surface area contributed by atoms with E-state index in [0.29, 0.717) is 0 Å². The van der Waals surface area contributed by atoms with E-state index in [0.717, 1.165) is 13.1 Å². The van der Waals surface area contributed by atoms with Gasteiger partial charge in [-0.15, -0.1) is 0 Å². The summed E-state index contributed by atoms with van der Waals surface area (Å²) < 4.78 is 0. The van der Waals surface area contributed by atoms with E-state index in [4.69, 9.17) is 5.73 Å². The molecular formula is C20H44N2. The molecule has 0 amide bonds. The molecule has 0 bridgehead atoms. The van der Waals surface area contributed by atoms with Crippen LogP contribution >= 0.6 is 0 Å². The minimum atomic E-state index is 0.787. The fourth-order valence-electron chi connectivity index (χ4n) is 3.09.